The number of sulfone groups is 1. The third kappa shape index (κ3) is 5.87. The van der Waals surface area contributed by atoms with Crippen molar-refractivity contribution >= 4 is 37.6 Å². The fourth-order valence-corrected chi connectivity index (χ4v) is 3.45. The summed E-state index contributed by atoms with van der Waals surface area (Å²) in [4.78, 5) is 35.9. The normalized spacial score (nSPS) is 12.3. The van der Waals surface area contributed by atoms with Crippen LogP contribution in [0.1, 0.15) is 23.8 Å². The van der Waals surface area contributed by atoms with Gasteiger partial charge in [0.1, 0.15) is 15.9 Å². The number of aliphatic carboxylic acids is 1. The average molecular weight is 488 g/mol. The van der Waals surface area contributed by atoms with Gasteiger partial charge < -0.3 is 15.5 Å². The molecule has 0 saturated heterocycles. The number of carboxylic acid groups (broad SMARTS) is 1. The van der Waals surface area contributed by atoms with Gasteiger partial charge in [-0.3, -0.25) is 9.59 Å². The van der Waals surface area contributed by atoms with E-state index in [2.05, 4.69) is 26.3 Å². The maximum Gasteiger partial charge on any atom is 0.326 e. The van der Waals surface area contributed by atoms with E-state index in [1.54, 1.807) is 24.3 Å². The Bertz CT molecular complexity index is 1080. The molecule has 2 rings (SSSR count). The van der Waals surface area contributed by atoms with E-state index in [9.17, 15) is 33.0 Å². The van der Waals surface area contributed by atoms with Gasteiger partial charge >= 0.3 is 5.97 Å². The second-order valence-electron chi connectivity index (χ2n) is 5.99. The Morgan fingerprint density at radius 2 is 1.90 bits per heavy atom. The number of aromatic hydroxyl groups is 1. The van der Waals surface area contributed by atoms with E-state index >= 15 is 0 Å². The lowest BCUT2D eigenvalue weighted by molar-refractivity contribution is -0.139. The van der Waals surface area contributed by atoms with Crippen molar-refractivity contribution in [3.8, 4) is 11.4 Å². The summed E-state index contributed by atoms with van der Waals surface area (Å²) in [6.45, 7) is 1.43. The zero-order chi connectivity index (χ0) is 21.8. The minimum atomic E-state index is -3.44. The van der Waals surface area contributed by atoms with Gasteiger partial charge in [-0.2, -0.15) is 9.78 Å². The molecule has 2 aromatic rings. The van der Waals surface area contributed by atoms with Gasteiger partial charge in [-0.1, -0.05) is 22.9 Å². The summed E-state index contributed by atoms with van der Waals surface area (Å²) in [5.41, 5.74) is -0.960. The summed E-state index contributed by atoms with van der Waals surface area (Å²) in [7, 11) is -3.44. The maximum atomic E-state index is 12.5. The van der Waals surface area contributed by atoms with Gasteiger partial charge in [-0.25, -0.2) is 13.2 Å². The SMILES string of the molecule is CCS(=O)(=O)CCC(NC(=O)c1nn(-c2ccc(Br)cc2)c(=O)cc1O)C(=O)O. The third-order valence-electron chi connectivity index (χ3n) is 3.96. The molecular formula is C17H18BrN3O7S. The lowest BCUT2D eigenvalue weighted by atomic mass is 10.2. The van der Waals surface area contributed by atoms with E-state index in [-0.39, 0.29) is 12.2 Å². The van der Waals surface area contributed by atoms with Crippen LogP contribution in [0.2, 0.25) is 0 Å². The molecule has 10 nitrogen and oxygen atoms in total. The van der Waals surface area contributed by atoms with Crippen LogP contribution >= 0.6 is 15.9 Å². The predicted octanol–water partition coefficient (Wildman–Crippen LogP) is 0.708. The Morgan fingerprint density at radius 3 is 2.45 bits per heavy atom. The molecule has 156 valence electrons. The first kappa shape index (κ1) is 22.6. The molecule has 1 heterocycles. The molecule has 0 bridgehead atoms. The lowest BCUT2D eigenvalue weighted by Gasteiger charge is -2.15. The smallest absolute Gasteiger partial charge is 0.326 e. The standard InChI is InChI=1S/C17H18BrN3O7S/c1-2-29(27,28)8-7-12(17(25)26)19-16(24)15-13(22)9-14(23)21(20-15)11-5-3-10(18)4-6-11/h3-6,9,12,22H,2,7-8H2,1H3,(H,19,24)(H,25,26). The number of rotatable bonds is 8. The lowest BCUT2D eigenvalue weighted by Crippen LogP contribution is -2.42. The maximum absolute atomic E-state index is 12.5. The number of benzene rings is 1. The van der Waals surface area contributed by atoms with Gasteiger partial charge in [0, 0.05) is 16.3 Å². The van der Waals surface area contributed by atoms with E-state index in [1.165, 1.54) is 6.92 Å². The number of hydrogen-bond acceptors (Lipinski definition) is 7. The van der Waals surface area contributed by atoms with Crippen molar-refractivity contribution in [2.75, 3.05) is 11.5 Å². The van der Waals surface area contributed by atoms with Crippen LogP contribution in [0.3, 0.4) is 0 Å². The van der Waals surface area contributed by atoms with Crippen LogP contribution < -0.4 is 10.9 Å². The summed E-state index contributed by atoms with van der Waals surface area (Å²) in [6, 6.07) is 5.65. The van der Waals surface area contributed by atoms with Gasteiger partial charge in [0.15, 0.2) is 11.4 Å². The molecule has 1 unspecified atom stereocenters. The molecule has 1 atom stereocenters. The number of carboxylic acids is 1. The molecular weight excluding hydrogens is 470 g/mol. The van der Waals surface area contributed by atoms with Crippen LogP contribution in [-0.2, 0) is 14.6 Å². The summed E-state index contributed by atoms with van der Waals surface area (Å²) in [6.07, 6.45) is -0.357. The van der Waals surface area contributed by atoms with Crippen molar-refractivity contribution in [2.24, 2.45) is 0 Å². The van der Waals surface area contributed by atoms with Crippen LogP contribution in [0, 0.1) is 0 Å². The van der Waals surface area contributed by atoms with Crippen LogP contribution in [0.25, 0.3) is 5.69 Å². The fraction of sp³-hybridized carbons (Fsp3) is 0.294. The zero-order valence-electron chi connectivity index (χ0n) is 15.2. The van der Waals surface area contributed by atoms with E-state index in [4.69, 9.17) is 0 Å². The highest BCUT2D eigenvalue weighted by molar-refractivity contribution is 9.10. The van der Waals surface area contributed by atoms with Gasteiger partial charge in [0.2, 0.25) is 0 Å². The number of halogens is 1. The Labute approximate surface area is 174 Å². The molecule has 29 heavy (non-hydrogen) atoms. The zero-order valence-corrected chi connectivity index (χ0v) is 17.6. The molecule has 0 aliphatic carbocycles. The van der Waals surface area contributed by atoms with Gasteiger partial charge in [-0.05, 0) is 30.7 Å². The first-order valence-corrected chi connectivity index (χ1v) is 11.0. The van der Waals surface area contributed by atoms with Crippen molar-refractivity contribution in [1.82, 2.24) is 15.1 Å². The Morgan fingerprint density at radius 1 is 1.28 bits per heavy atom. The molecule has 1 aromatic carbocycles. The Kier molecular flexibility index (Phi) is 7.14. The molecule has 0 fully saturated rings. The molecule has 1 aromatic heterocycles. The molecule has 12 heteroatoms. The number of carbonyl (C=O) groups is 2. The molecule has 0 spiro atoms. The van der Waals surface area contributed by atoms with Gasteiger partial charge in [0.05, 0.1) is 11.4 Å². The minimum absolute atomic E-state index is 0.159. The number of nitrogens with zero attached hydrogens (tertiary/aromatic N) is 2. The monoisotopic (exact) mass is 487 g/mol. The third-order valence-corrected chi connectivity index (χ3v) is 6.22. The molecule has 0 aliphatic rings. The van der Waals surface area contributed by atoms with Crippen molar-refractivity contribution in [3.05, 3.63) is 50.9 Å². The average Bonchev–Trinajstić information content (AvgIpc) is 2.65. The fourth-order valence-electron chi connectivity index (χ4n) is 2.30. The number of aromatic nitrogens is 2. The van der Waals surface area contributed by atoms with E-state index in [0.717, 1.165) is 15.2 Å². The predicted molar refractivity (Wildman–Crippen MR) is 107 cm³/mol. The Balaban J connectivity index is 2.31. The topological polar surface area (TPSA) is 156 Å². The highest BCUT2D eigenvalue weighted by atomic mass is 79.9. The largest absolute Gasteiger partial charge is 0.505 e. The molecule has 0 saturated carbocycles. The summed E-state index contributed by atoms with van der Waals surface area (Å²) < 4.78 is 24.8. The minimum Gasteiger partial charge on any atom is -0.505 e. The quantitative estimate of drug-likeness (QED) is 0.491. The van der Waals surface area contributed by atoms with Gasteiger partial charge in [-0.15, -0.1) is 0 Å². The van der Waals surface area contributed by atoms with E-state index in [0.29, 0.717) is 5.69 Å². The second-order valence-corrected chi connectivity index (χ2v) is 9.38. The molecule has 0 aliphatic heterocycles. The van der Waals surface area contributed by atoms with E-state index in [1.807, 2.05) is 0 Å². The number of nitrogens with one attached hydrogen (secondary N) is 1. The van der Waals surface area contributed by atoms with Crippen LogP contribution in [0.5, 0.6) is 5.75 Å². The first-order chi connectivity index (χ1) is 13.5. The summed E-state index contributed by atoms with van der Waals surface area (Å²) >= 11 is 3.25. The first-order valence-electron chi connectivity index (χ1n) is 8.37. The van der Waals surface area contributed by atoms with Crippen molar-refractivity contribution in [3.63, 3.8) is 0 Å². The number of hydrogen-bond donors (Lipinski definition) is 3. The molecule has 0 radical (unpaired) electrons. The Hall–Kier alpha value is -2.73. The highest BCUT2D eigenvalue weighted by Crippen LogP contribution is 2.15. The van der Waals surface area contributed by atoms with E-state index < -0.39 is 50.5 Å². The van der Waals surface area contributed by atoms with Crippen LogP contribution in [-0.4, -0.2) is 57.8 Å². The highest BCUT2D eigenvalue weighted by Gasteiger charge is 2.25. The van der Waals surface area contributed by atoms with Crippen molar-refractivity contribution in [2.45, 2.75) is 19.4 Å². The second kappa shape index (κ2) is 9.18. The molecule has 3 N–H and O–H groups in total. The van der Waals surface area contributed by atoms with Crippen LogP contribution in [0.4, 0.5) is 0 Å². The van der Waals surface area contributed by atoms with Gasteiger partial charge in [0.25, 0.3) is 11.5 Å². The molecule has 1 amide bonds. The summed E-state index contributed by atoms with van der Waals surface area (Å²) in [5, 5.41) is 25.2. The number of amides is 1. The van der Waals surface area contributed by atoms with Crippen molar-refractivity contribution < 1.29 is 28.2 Å². The summed E-state index contributed by atoms with van der Waals surface area (Å²) in [5.74, 6) is -3.82. The number of carbonyl (C=O) groups excluding carboxylic acids is 1. The van der Waals surface area contributed by atoms with Crippen LogP contribution in [0.15, 0.2) is 39.6 Å². The van der Waals surface area contributed by atoms with Crippen molar-refractivity contribution in [1.29, 1.82) is 0 Å².